The second kappa shape index (κ2) is 6.72. The Labute approximate surface area is 100 Å². The Morgan fingerprint density at radius 3 is 2.31 bits per heavy atom. The molecule has 0 N–H and O–H groups in total. The summed E-state index contributed by atoms with van der Waals surface area (Å²) in [5.74, 6) is 0.461. The molecule has 0 saturated heterocycles. The minimum absolute atomic E-state index is 0.213. The third kappa shape index (κ3) is 9.75. The molecule has 0 fully saturated rings. The van der Waals surface area contributed by atoms with Gasteiger partial charge in [0.15, 0.2) is 0 Å². The van der Waals surface area contributed by atoms with Crippen LogP contribution in [-0.2, 0) is 9.53 Å². The molecule has 0 radical (unpaired) electrons. The van der Waals surface area contributed by atoms with Gasteiger partial charge in [-0.2, -0.15) is 0 Å². The molecule has 2 nitrogen and oxygen atoms in total. The van der Waals surface area contributed by atoms with E-state index >= 15 is 0 Å². The van der Waals surface area contributed by atoms with E-state index in [4.69, 9.17) is 4.74 Å². The van der Waals surface area contributed by atoms with Crippen LogP contribution in [-0.4, -0.2) is 12.6 Å². The van der Waals surface area contributed by atoms with Crippen molar-refractivity contribution in [2.75, 3.05) is 6.61 Å². The SMILES string of the molecule is CC(=O)OC/C(C)=C/CC(C)CC(C)(C)C. The Bertz CT molecular complexity index is 246. The van der Waals surface area contributed by atoms with Crippen LogP contribution in [0.2, 0.25) is 0 Å². The largest absolute Gasteiger partial charge is 0.461 e. The van der Waals surface area contributed by atoms with E-state index in [1.54, 1.807) is 0 Å². The molecule has 0 amide bonds. The van der Waals surface area contributed by atoms with Crippen molar-refractivity contribution < 1.29 is 9.53 Å². The van der Waals surface area contributed by atoms with Crippen molar-refractivity contribution in [3.8, 4) is 0 Å². The van der Waals surface area contributed by atoms with Gasteiger partial charge in [-0.1, -0.05) is 33.8 Å². The second-order valence-corrected chi connectivity index (χ2v) is 5.94. The topological polar surface area (TPSA) is 26.3 Å². The van der Waals surface area contributed by atoms with Gasteiger partial charge in [-0.3, -0.25) is 4.79 Å². The average molecular weight is 226 g/mol. The smallest absolute Gasteiger partial charge is 0.302 e. The number of ether oxygens (including phenoxy) is 1. The van der Waals surface area contributed by atoms with Crippen molar-refractivity contribution >= 4 is 5.97 Å². The van der Waals surface area contributed by atoms with Crippen LogP contribution in [0.15, 0.2) is 11.6 Å². The number of carbonyl (C=O) groups is 1. The fourth-order valence-electron chi connectivity index (χ4n) is 1.81. The lowest BCUT2D eigenvalue weighted by Gasteiger charge is -2.22. The standard InChI is InChI=1S/C14H26O2/c1-11(9-14(4,5)6)7-8-12(2)10-16-13(3)15/h8,11H,7,9-10H2,1-6H3/b12-8+. The molecule has 16 heavy (non-hydrogen) atoms. The first-order chi connectivity index (χ1) is 7.20. The summed E-state index contributed by atoms with van der Waals surface area (Å²) < 4.78 is 4.93. The van der Waals surface area contributed by atoms with Gasteiger partial charge in [0.05, 0.1) is 0 Å². The highest BCUT2D eigenvalue weighted by atomic mass is 16.5. The predicted octanol–water partition coefficient (Wildman–Crippen LogP) is 3.96. The highest BCUT2D eigenvalue weighted by Crippen LogP contribution is 2.26. The number of hydrogen-bond acceptors (Lipinski definition) is 2. The monoisotopic (exact) mass is 226 g/mol. The van der Waals surface area contributed by atoms with E-state index in [9.17, 15) is 4.79 Å². The number of allylic oxidation sites excluding steroid dienone is 1. The first-order valence-corrected chi connectivity index (χ1v) is 5.99. The summed E-state index contributed by atoms with van der Waals surface area (Å²) >= 11 is 0. The molecule has 0 saturated carbocycles. The van der Waals surface area contributed by atoms with Gasteiger partial charge in [0, 0.05) is 6.92 Å². The van der Waals surface area contributed by atoms with E-state index in [1.165, 1.54) is 13.3 Å². The number of hydrogen-bond donors (Lipinski definition) is 0. The molecule has 0 aromatic carbocycles. The Morgan fingerprint density at radius 1 is 1.31 bits per heavy atom. The van der Waals surface area contributed by atoms with Gasteiger partial charge in [0.25, 0.3) is 0 Å². The molecule has 0 heterocycles. The molecule has 0 rings (SSSR count). The summed E-state index contributed by atoms with van der Waals surface area (Å²) in [7, 11) is 0. The number of rotatable bonds is 5. The summed E-state index contributed by atoms with van der Waals surface area (Å²) in [5.41, 5.74) is 1.52. The van der Waals surface area contributed by atoms with Crippen molar-refractivity contribution in [2.45, 2.75) is 54.4 Å². The van der Waals surface area contributed by atoms with Crippen LogP contribution in [0.4, 0.5) is 0 Å². The lowest BCUT2D eigenvalue weighted by Crippen LogP contribution is -2.10. The van der Waals surface area contributed by atoms with Gasteiger partial charge in [0.2, 0.25) is 0 Å². The van der Waals surface area contributed by atoms with E-state index < -0.39 is 0 Å². The van der Waals surface area contributed by atoms with Crippen LogP contribution in [0.5, 0.6) is 0 Å². The van der Waals surface area contributed by atoms with Crippen LogP contribution < -0.4 is 0 Å². The van der Waals surface area contributed by atoms with Crippen LogP contribution in [0.25, 0.3) is 0 Å². The third-order valence-corrected chi connectivity index (χ3v) is 2.33. The highest BCUT2D eigenvalue weighted by Gasteiger charge is 2.14. The number of esters is 1. The molecule has 0 spiro atoms. The van der Waals surface area contributed by atoms with Gasteiger partial charge in [0.1, 0.15) is 6.61 Å². The molecular formula is C14H26O2. The summed E-state index contributed by atoms with van der Waals surface area (Å²) in [4.78, 5) is 10.6. The molecule has 1 unspecified atom stereocenters. The normalized spacial score (nSPS) is 14.8. The molecule has 0 aliphatic heterocycles. The average Bonchev–Trinajstić information content (AvgIpc) is 2.08. The highest BCUT2D eigenvalue weighted by molar-refractivity contribution is 5.66. The molecule has 0 bridgehead atoms. The fourth-order valence-corrected chi connectivity index (χ4v) is 1.81. The van der Waals surface area contributed by atoms with Crippen molar-refractivity contribution in [3.63, 3.8) is 0 Å². The molecule has 0 aromatic heterocycles. The van der Waals surface area contributed by atoms with Crippen molar-refractivity contribution in [2.24, 2.45) is 11.3 Å². The van der Waals surface area contributed by atoms with E-state index in [-0.39, 0.29) is 5.97 Å². The zero-order valence-corrected chi connectivity index (χ0v) is 11.6. The van der Waals surface area contributed by atoms with Gasteiger partial charge < -0.3 is 4.74 Å². The summed E-state index contributed by atoms with van der Waals surface area (Å²) in [6, 6.07) is 0. The Hall–Kier alpha value is -0.790. The molecule has 94 valence electrons. The zero-order chi connectivity index (χ0) is 12.8. The molecular weight excluding hydrogens is 200 g/mol. The Morgan fingerprint density at radius 2 is 1.88 bits per heavy atom. The maximum Gasteiger partial charge on any atom is 0.302 e. The van der Waals surface area contributed by atoms with E-state index in [0.717, 1.165) is 12.0 Å². The molecule has 1 atom stereocenters. The fraction of sp³-hybridized carbons (Fsp3) is 0.786. The second-order valence-electron chi connectivity index (χ2n) is 5.94. The van der Waals surface area contributed by atoms with Crippen molar-refractivity contribution in [1.82, 2.24) is 0 Å². The minimum Gasteiger partial charge on any atom is -0.461 e. The summed E-state index contributed by atoms with van der Waals surface area (Å²) in [6.45, 7) is 12.9. The van der Waals surface area contributed by atoms with Gasteiger partial charge >= 0.3 is 5.97 Å². The molecule has 0 aliphatic carbocycles. The Balaban J connectivity index is 3.92. The maximum atomic E-state index is 10.6. The lowest BCUT2D eigenvalue weighted by molar-refractivity contribution is -0.139. The van der Waals surface area contributed by atoms with Crippen LogP contribution in [0.3, 0.4) is 0 Å². The van der Waals surface area contributed by atoms with Crippen LogP contribution >= 0.6 is 0 Å². The van der Waals surface area contributed by atoms with Gasteiger partial charge in [-0.05, 0) is 36.7 Å². The predicted molar refractivity (Wildman–Crippen MR) is 68.2 cm³/mol. The lowest BCUT2D eigenvalue weighted by atomic mass is 9.84. The van der Waals surface area contributed by atoms with Gasteiger partial charge in [-0.25, -0.2) is 0 Å². The first kappa shape index (κ1) is 15.2. The van der Waals surface area contributed by atoms with Crippen LogP contribution in [0.1, 0.15) is 54.4 Å². The number of carbonyl (C=O) groups excluding carboxylic acids is 1. The van der Waals surface area contributed by atoms with Crippen molar-refractivity contribution in [3.05, 3.63) is 11.6 Å². The van der Waals surface area contributed by atoms with Gasteiger partial charge in [-0.15, -0.1) is 0 Å². The first-order valence-electron chi connectivity index (χ1n) is 5.99. The summed E-state index contributed by atoms with van der Waals surface area (Å²) in [6.07, 6.45) is 4.45. The zero-order valence-electron chi connectivity index (χ0n) is 11.6. The van der Waals surface area contributed by atoms with Crippen molar-refractivity contribution in [1.29, 1.82) is 0 Å². The quantitative estimate of drug-likeness (QED) is 0.524. The van der Waals surface area contributed by atoms with E-state index in [0.29, 0.717) is 17.9 Å². The Kier molecular flexibility index (Phi) is 6.39. The van der Waals surface area contributed by atoms with E-state index in [1.807, 2.05) is 6.92 Å². The molecule has 0 aromatic rings. The maximum absolute atomic E-state index is 10.6. The third-order valence-electron chi connectivity index (χ3n) is 2.33. The summed E-state index contributed by atoms with van der Waals surface area (Å²) in [5, 5.41) is 0. The van der Waals surface area contributed by atoms with Crippen LogP contribution in [0, 0.1) is 11.3 Å². The molecule has 2 heteroatoms. The molecule has 0 aliphatic rings. The minimum atomic E-state index is -0.213. The van der Waals surface area contributed by atoms with E-state index in [2.05, 4.69) is 33.8 Å².